The number of rotatable bonds is 5. The number of hydrogen-bond acceptors (Lipinski definition) is 4. The maximum absolute atomic E-state index is 10.3. The smallest absolute Gasteiger partial charge is 0.303 e. The summed E-state index contributed by atoms with van der Waals surface area (Å²) in [6, 6.07) is 0. The first kappa shape index (κ1) is 11.8. The third-order valence-electron chi connectivity index (χ3n) is 2.91. The van der Waals surface area contributed by atoms with E-state index in [1.165, 1.54) is 18.4 Å². The van der Waals surface area contributed by atoms with Crippen molar-refractivity contribution in [3.8, 4) is 0 Å². The average molecular weight is 235 g/mol. The Morgan fingerprint density at radius 3 is 3.06 bits per heavy atom. The lowest BCUT2D eigenvalue weighted by Crippen LogP contribution is -2.12. The Morgan fingerprint density at radius 1 is 1.41 bits per heavy atom. The van der Waals surface area contributed by atoms with Crippen molar-refractivity contribution in [3.05, 3.63) is 17.5 Å². The van der Waals surface area contributed by atoms with E-state index in [0.717, 1.165) is 18.5 Å². The van der Waals surface area contributed by atoms with Gasteiger partial charge in [0, 0.05) is 24.9 Å². The molecule has 1 aliphatic carbocycles. The fraction of sp³-hybridized carbons (Fsp3) is 0.583. The van der Waals surface area contributed by atoms with Gasteiger partial charge in [-0.1, -0.05) is 0 Å². The molecular formula is C12H17N3O2. The number of carboxylic acids is 1. The molecule has 0 aliphatic heterocycles. The molecule has 0 saturated carbocycles. The van der Waals surface area contributed by atoms with Crippen LogP contribution in [0, 0.1) is 0 Å². The van der Waals surface area contributed by atoms with Crippen molar-refractivity contribution in [2.45, 2.75) is 38.5 Å². The number of nitrogens with one attached hydrogen (secondary N) is 1. The number of aliphatic carboxylic acids is 1. The van der Waals surface area contributed by atoms with Crippen LogP contribution >= 0.6 is 0 Å². The predicted molar refractivity (Wildman–Crippen MR) is 64.0 cm³/mol. The summed E-state index contributed by atoms with van der Waals surface area (Å²) < 4.78 is 0. The summed E-state index contributed by atoms with van der Waals surface area (Å²) in [5.41, 5.74) is 2.40. The minimum absolute atomic E-state index is 0.179. The van der Waals surface area contributed by atoms with Crippen LogP contribution in [0.4, 0.5) is 5.95 Å². The van der Waals surface area contributed by atoms with Crippen LogP contribution in [-0.4, -0.2) is 27.6 Å². The Bertz CT molecular complexity index is 407. The molecular weight excluding hydrogens is 218 g/mol. The number of carboxylic acid groups (broad SMARTS) is 1. The topological polar surface area (TPSA) is 75.1 Å². The van der Waals surface area contributed by atoms with E-state index in [1.807, 2.05) is 6.20 Å². The predicted octanol–water partition coefficient (Wildman–Crippen LogP) is 1.63. The minimum atomic E-state index is -0.766. The highest BCUT2D eigenvalue weighted by Gasteiger charge is 2.11. The first-order valence-electron chi connectivity index (χ1n) is 6.06. The maximum Gasteiger partial charge on any atom is 0.303 e. The first-order chi connectivity index (χ1) is 8.25. The van der Waals surface area contributed by atoms with E-state index in [9.17, 15) is 4.79 Å². The lowest BCUT2D eigenvalue weighted by molar-refractivity contribution is -0.137. The SMILES string of the molecule is O=C(O)CCCNc1ncc2c(n1)CCCC2. The average Bonchev–Trinajstić information content (AvgIpc) is 2.34. The molecule has 2 N–H and O–H groups in total. The Balaban J connectivity index is 1.86. The summed E-state index contributed by atoms with van der Waals surface area (Å²) in [7, 11) is 0. The van der Waals surface area contributed by atoms with Crippen LogP contribution in [0.25, 0.3) is 0 Å². The van der Waals surface area contributed by atoms with Crippen LogP contribution in [-0.2, 0) is 17.6 Å². The number of aryl methyl sites for hydroxylation is 2. The zero-order chi connectivity index (χ0) is 12.1. The van der Waals surface area contributed by atoms with Crippen LogP contribution in [0.5, 0.6) is 0 Å². The van der Waals surface area contributed by atoms with Crippen molar-refractivity contribution < 1.29 is 9.90 Å². The normalized spacial score (nSPS) is 14.1. The molecule has 0 bridgehead atoms. The lowest BCUT2D eigenvalue weighted by atomic mass is 9.98. The summed E-state index contributed by atoms with van der Waals surface area (Å²) in [6.45, 7) is 0.602. The standard InChI is InChI=1S/C12H17N3O2/c16-11(17)6-3-7-13-12-14-8-9-4-1-2-5-10(9)15-12/h8H,1-7H2,(H,16,17)(H,13,14,15). The molecule has 1 aliphatic rings. The van der Waals surface area contributed by atoms with E-state index in [-0.39, 0.29) is 6.42 Å². The van der Waals surface area contributed by atoms with Gasteiger partial charge in [0.15, 0.2) is 0 Å². The number of hydrogen-bond donors (Lipinski definition) is 2. The van der Waals surface area contributed by atoms with E-state index in [4.69, 9.17) is 5.11 Å². The van der Waals surface area contributed by atoms with Crippen molar-refractivity contribution >= 4 is 11.9 Å². The largest absolute Gasteiger partial charge is 0.481 e. The van der Waals surface area contributed by atoms with Crippen LogP contribution in [0.15, 0.2) is 6.20 Å². The van der Waals surface area contributed by atoms with Gasteiger partial charge in [-0.3, -0.25) is 4.79 Å². The first-order valence-corrected chi connectivity index (χ1v) is 6.06. The van der Waals surface area contributed by atoms with Crippen molar-refractivity contribution in [2.75, 3.05) is 11.9 Å². The second kappa shape index (κ2) is 5.61. The van der Waals surface area contributed by atoms with Gasteiger partial charge in [-0.25, -0.2) is 9.97 Å². The molecule has 0 fully saturated rings. The molecule has 92 valence electrons. The molecule has 0 radical (unpaired) electrons. The highest BCUT2D eigenvalue weighted by Crippen LogP contribution is 2.19. The summed E-state index contributed by atoms with van der Waals surface area (Å²) >= 11 is 0. The van der Waals surface area contributed by atoms with Gasteiger partial charge in [0.2, 0.25) is 5.95 Å². The zero-order valence-electron chi connectivity index (χ0n) is 9.78. The summed E-state index contributed by atoms with van der Waals surface area (Å²) in [4.78, 5) is 19.0. The molecule has 0 spiro atoms. The lowest BCUT2D eigenvalue weighted by Gasteiger charge is -2.14. The third kappa shape index (κ3) is 3.41. The molecule has 0 unspecified atom stereocenters. The second-order valence-corrected chi connectivity index (χ2v) is 4.30. The van der Waals surface area contributed by atoms with Crippen molar-refractivity contribution in [2.24, 2.45) is 0 Å². The monoisotopic (exact) mass is 235 g/mol. The molecule has 1 aromatic rings. The van der Waals surface area contributed by atoms with Crippen molar-refractivity contribution in [1.82, 2.24) is 9.97 Å². The van der Waals surface area contributed by atoms with Gasteiger partial charge >= 0.3 is 5.97 Å². The maximum atomic E-state index is 10.3. The van der Waals surface area contributed by atoms with E-state index in [0.29, 0.717) is 18.9 Å². The fourth-order valence-electron chi connectivity index (χ4n) is 2.00. The Hall–Kier alpha value is -1.65. The number of nitrogens with zero attached hydrogens (tertiary/aromatic N) is 2. The van der Waals surface area contributed by atoms with E-state index >= 15 is 0 Å². The molecule has 17 heavy (non-hydrogen) atoms. The van der Waals surface area contributed by atoms with E-state index < -0.39 is 5.97 Å². The molecule has 2 rings (SSSR count). The Morgan fingerprint density at radius 2 is 2.24 bits per heavy atom. The third-order valence-corrected chi connectivity index (χ3v) is 2.91. The van der Waals surface area contributed by atoms with Gasteiger partial charge in [-0.2, -0.15) is 0 Å². The van der Waals surface area contributed by atoms with E-state index in [1.54, 1.807) is 0 Å². The van der Waals surface area contributed by atoms with Gasteiger partial charge in [0.1, 0.15) is 0 Å². The summed E-state index contributed by atoms with van der Waals surface area (Å²) in [5.74, 6) is -0.144. The van der Waals surface area contributed by atoms with Crippen molar-refractivity contribution in [3.63, 3.8) is 0 Å². The van der Waals surface area contributed by atoms with Gasteiger partial charge in [0.05, 0.1) is 0 Å². The van der Waals surface area contributed by atoms with Crippen LogP contribution in [0.2, 0.25) is 0 Å². The second-order valence-electron chi connectivity index (χ2n) is 4.30. The number of fused-ring (bicyclic) bond motifs is 1. The van der Waals surface area contributed by atoms with Gasteiger partial charge in [-0.15, -0.1) is 0 Å². The quantitative estimate of drug-likeness (QED) is 0.759. The van der Waals surface area contributed by atoms with Crippen molar-refractivity contribution in [1.29, 1.82) is 0 Å². The van der Waals surface area contributed by atoms with Crippen LogP contribution in [0.3, 0.4) is 0 Å². The molecule has 0 aromatic carbocycles. The fourth-order valence-corrected chi connectivity index (χ4v) is 2.00. The van der Waals surface area contributed by atoms with E-state index in [2.05, 4.69) is 15.3 Å². The molecule has 5 heteroatoms. The van der Waals surface area contributed by atoms with Gasteiger partial charge < -0.3 is 10.4 Å². The van der Waals surface area contributed by atoms with Gasteiger partial charge in [0.25, 0.3) is 0 Å². The molecule has 0 saturated heterocycles. The molecule has 1 aromatic heterocycles. The molecule has 0 atom stereocenters. The number of anilines is 1. The molecule has 0 amide bonds. The number of carbonyl (C=O) groups is 1. The van der Waals surface area contributed by atoms with Gasteiger partial charge in [-0.05, 0) is 37.7 Å². The minimum Gasteiger partial charge on any atom is -0.481 e. The Labute approximate surface area is 100 Å². The number of aromatic nitrogens is 2. The summed E-state index contributed by atoms with van der Waals surface area (Å²) in [6.07, 6.45) is 7.19. The highest BCUT2D eigenvalue weighted by molar-refractivity contribution is 5.66. The van der Waals surface area contributed by atoms with Crippen LogP contribution in [0.1, 0.15) is 36.9 Å². The molecule has 1 heterocycles. The van der Waals surface area contributed by atoms with Crippen LogP contribution < -0.4 is 5.32 Å². The highest BCUT2D eigenvalue weighted by atomic mass is 16.4. The zero-order valence-corrected chi connectivity index (χ0v) is 9.78. The molecule has 5 nitrogen and oxygen atoms in total. The Kier molecular flexibility index (Phi) is 3.90. The summed E-state index contributed by atoms with van der Waals surface area (Å²) in [5, 5.41) is 11.6.